The quantitative estimate of drug-likeness (QED) is 0.695. The van der Waals surface area contributed by atoms with Crippen LogP contribution in [-0.2, 0) is 9.59 Å². The lowest BCUT2D eigenvalue weighted by Crippen LogP contribution is -2.19. The molecular formula is C15H18O2. The molecule has 0 aromatic carbocycles. The smallest absolute Gasteiger partial charge is 0.178 e. The molecule has 2 heteroatoms. The molecule has 0 fully saturated rings. The van der Waals surface area contributed by atoms with Gasteiger partial charge in [0.25, 0.3) is 0 Å². The third-order valence-electron chi connectivity index (χ3n) is 3.54. The zero-order valence-corrected chi connectivity index (χ0v) is 10.2. The summed E-state index contributed by atoms with van der Waals surface area (Å²) >= 11 is 0. The number of unbranched alkanes of at least 4 members (excludes halogenated alkanes) is 2. The minimum absolute atomic E-state index is 0.0166. The highest BCUT2D eigenvalue weighted by Gasteiger charge is 2.37. The second-order valence-electron chi connectivity index (χ2n) is 4.88. The predicted molar refractivity (Wildman–Crippen MR) is 67.6 cm³/mol. The Hall–Kier alpha value is -1.44. The molecule has 0 saturated carbocycles. The first kappa shape index (κ1) is 12.0. The molecule has 1 spiro atoms. The van der Waals surface area contributed by atoms with Crippen LogP contribution in [0.5, 0.6) is 0 Å². The van der Waals surface area contributed by atoms with Crippen molar-refractivity contribution in [3.63, 3.8) is 0 Å². The van der Waals surface area contributed by atoms with Gasteiger partial charge >= 0.3 is 0 Å². The maximum absolute atomic E-state index is 11.6. The largest absolute Gasteiger partial charge is 0.295 e. The van der Waals surface area contributed by atoms with Gasteiger partial charge in [0.15, 0.2) is 11.6 Å². The van der Waals surface area contributed by atoms with Crippen LogP contribution in [0.15, 0.2) is 36.0 Å². The Balaban J connectivity index is 2.14. The lowest BCUT2D eigenvalue weighted by Gasteiger charge is -2.26. The number of rotatable bonds is 4. The molecule has 17 heavy (non-hydrogen) atoms. The number of hydrogen-bond donors (Lipinski definition) is 0. The van der Waals surface area contributed by atoms with Crippen LogP contribution in [-0.4, -0.2) is 11.6 Å². The van der Waals surface area contributed by atoms with Gasteiger partial charge in [-0.1, -0.05) is 37.5 Å². The number of carbonyl (C=O) groups excluding carboxylic acids is 2. The van der Waals surface area contributed by atoms with Crippen LogP contribution in [0.2, 0.25) is 0 Å². The summed E-state index contributed by atoms with van der Waals surface area (Å²) in [5, 5.41) is 0. The van der Waals surface area contributed by atoms with Crippen LogP contribution >= 0.6 is 0 Å². The molecule has 0 saturated heterocycles. The van der Waals surface area contributed by atoms with Gasteiger partial charge in [0.1, 0.15) is 0 Å². The van der Waals surface area contributed by atoms with E-state index in [0.717, 1.165) is 12.8 Å². The van der Waals surface area contributed by atoms with E-state index in [1.165, 1.54) is 18.4 Å². The van der Waals surface area contributed by atoms with E-state index in [0.29, 0.717) is 6.42 Å². The van der Waals surface area contributed by atoms with Crippen molar-refractivity contribution in [3.8, 4) is 0 Å². The fraction of sp³-hybridized carbons (Fsp3) is 0.467. The van der Waals surface area contributed by atoms with Gasteiger partial charge in [-0.15, -0.1) is 0 Å². The Morgan fingerprint density at radius 1 is 1.18 bits per heavy atom. The minimum Gasteiger partial charge on any atom is -0.295 e. The second kappa shape index (κ2) is 4.82. The van der Waals surface area contributed by atoms with Gasteiger partial charge in [-0.3, -0.25) is 9.59 Å². The summed E-state index contributed by atoms with van der Waals surface area (Å²) in [5.74, 6) is 0.197. The van der Waals surface area contributed by atoms with E-state index in [1.807, 2.05) is 12.2 Å². The van der Waals surface area contributed by atoms with Crippen LogP contribution in [0.25, 0.3) is 0 Å². The number of carbonyl (C=O) groups is 2. The lowest BCUT2D eigenvalue weighted by molar-refractivity contribution is -0.115. The van der Waals surface area contributed by atoms with Gasteiger partial charge in [-0.05, 0) is 31.1 Å². The summed E-state index contributed by atoms with van der Waals surface area (Å²) in [7, 11) is 0. The molecule has 0 unspecified atom stereocenters. The van der Waals surface area contributed by atoms with Crippen molar-refractivity contribution in [1.29, 1.82) is 0 Å². The summed E-state index contributed by atoms with van der Waals surface area (Å²) in [4.78, 5) is 22.8. The van der Waals surface area contributed by atoms with Crippen LogP contribution < -0.4 is 0 Å². The standard InChI is InChI=1S/C15H18O2/c1-2-3-4-5-12-10-14(17)11-15(12)8-6-13(16)7-9-15/h6-10H,2-5,11H2,1H3. The van der Waals surface area contributed by atoms with Crippen molar-refractivity contribution in [2.45, 2.75) is 39.0 Å². The van der Waals surface area contributed by atoms with Crippen molar-refractivity contribution in [2.75, 3.05) is 0 Å². The summed E-state index contributed by atoms with van der Waals surface area (Å²) in [6.07, 6.45) is 13.7. The second-order valence-corrected chi connectivity index (χ2v) is 4.88. The van der Waals surface area contributed by atoms with Gasteiger partial charge in [0.2, 0.25) is 0 Å². The van der Waals surface area contributed by atoms with Crippen molar-refractivity contribution in [2.24, 2.45) is 5.41 Å². The molecule has 2 aliphatic carbocycles. The first-order chi connectivity index (χ1) is 8.16. The number of allylic oxidation sites excluding steroid dienone is 6. The molecule has 0 bridgehead atoms. The maximum atomic E-state index is 11.6. The lowest BCUT2D eigenvalue weighted by atomic mass is 9.76. The highest BCUT2D eigenvalue weighted by molar-refractivity contribution is 6.02. The molecule has 0 N–H and O–H groups in total. The van der Waals surface area contributed by atoms with Gasteiger partial charge in [0, 0.05) is 11.8 Å². The summed E-state index contributed by atoms with van der Waals surface area (Å²) in [6, 6.07) is 0. The summed E-state index contributed by atoms with van der Waals surface area (Å²) in [5.41, 5.74) is 0.898. The zero-order chi connectivity index (χ0) is 12.3. The van der Waals surface area contributed by atoms with E-state index in [2.05, 4.69) is 6.92 Å². The average Bonchev–Trinajstić information content (AvgIpc) is 2.60. The first-order valence-electron chi connectivity index (χ1n) is 6.32. The Kier molecular flexibility index (Phi) is 3.41. The van der Waals surface area contributed by atoms with Gasteiger partial charge in [-0.2, -0.15) is 0 Å². The van der Waals surface area contributed by atoms with Crippen LogP contribution in [0.4, 0.5) is 0 Å². The average molecular weight is 230 g/mol. The van der Waals surface area contributed by atoms with Crippen molar-refractivity contribution in [3.05, 3.63) is 36.0 Å². The van der Waals surface area contributed by atoms with E-state index in [9.17, 15) is 9.59 Å². The summed E-state index contributed by atoms with van der Waals surface area (Å²) < 4.78 is 0. The molecular weight excluding hydrogens is 212 g/mol. The molecule has 0 aliphatic heterocycles. The van der Waals surface area contributed by atoms with E-state index >= 15 is 0 Å². The van der Waals surface area contributed by atoms with Crippen LogP contribution in [0.3, 0.4) is 0 Å². The van der Waals surface area contributed by atoms with Gasteiger partial charge in [-0.25, -0.2) is 0 Å². The maximum Gasteiger partial charge on any atom is 0.178 e. The van der Waals surface area contributed by atoms with E-state index < -0.39 is 0 Å². The minimum atomic E-state index is -0.279. The fourth-order valence-corrected chi connectivity index (χ4v) is 2.56. The van der Waals surface area contributed by atoms with Crippen molar-refractivity contribution < 1.29 is 9.59 Å². The normalized spacial score (nSPS) is 21.4. The third kappa shape index (κ3) is 2.46. The van der Waals surface area contributed by atoms with Gasteiger partial charge < -0.3 is 0 Å². The molecule has 0 radical (unpaired) electrons. The van der Waals surface area contributed by atoms with Crippen molar-refractivity contribution in [1.82, 2.24) is 0 Å². The van der Waals surface area contributed by atoms with Crippen molar-refractivity contribution >= 4 is 11.6 Å². The van der Waals surface area contributed by atoms with Gasteiger partial charge in [0.05, 0.1) is 0 Å². The third-order valence-corrected chi connectivity index (χ3v) is 3.54. The number of hydrogen-bond acceptors (Lipinski definition) is 2. The first-order valence-corrected chi connectivity index (χ1v) is 6.32. The molecule has 2 aliphatic rings. The SMILES string of the molecule is CCCCCC1=CC(=O)CC12C=CC(=O)C=C2. The predicted octanol–water partition coefficient (Wildman–Crippen LogP) is 3.15. The Morgan fingerprint density at radius 2 is 1.88 bits per heavy atom. The van der Waals surface area contributed by atoms with Crippen LogP contribution in [0.1, 0.15) is 39.0 Å². The molecule has 0 aromatic rings. The zero-order valence-electron chi connectivity index (χ0n) is 10.2. The molecule has 0 amide bonds. The number of ketones is 2. The Morgan fingerprint density at radius 3 is 2.53 bits per heavy atom. The summed E-state index contributed by atoms with van der Waals surface area (Å²) in [6.45, 7) is 2.17. The Labute approximate surface area is 102 Å². The highest BCUT2D eigenvalue weighted by atomic mass is 16.1. The van der Waals surface area contributed by atoms with E-state index in [-0.39, 0.29) is 17.0 Å². The molecule has 0 heterocycles. The topological polar surface area (TPSA) is 34.1 Å². The molecule has 0 aromatic heterocycles. The van der Waals surface area contributed by atoms with E-state index in [1.54, 1.807) is 18.2 Å². The molecule has 0 atom stereocenters. The molecule has 90 valence electrons. The highest BCUT2D eigenvalue weighted by Crippen LogP contribution is 2.43. The molecule has 2 rings (SSSR count). The van der Waals surface area contributed by atoms with Crippen LogP contribution in [0, 0.1) is 5.41 Å². The Bertz CT molecular complexity index is 408. The fourth-order valence-electron chi connectivity index (χ4n) is 2.56. The van der Waals surface area contributed by atoms with E-state index in [4.69, 9.17) is 0 Å². The monoisotopic (exact) mass is 230 g/mol. The molecule has 2 nitrogen and oxygen atoms in total.